The number of ether oxygens (including phenoxy) is 1. The standard InChI is InChI=1S/C18H22N4O4S/c1-2-4-16(19)14-6-8-15(9-7-14)26-18(23)5-3-12-22(27(24)25)17-13-20-10-11-21-17/h6-11,13,19H,2-5,12H2,1H3,(H,24,25)/p-1. The maximum atomic E-state index is 12.0. The monoisotopic (exact) mass is 389 g/mol. The summed E-state index contributed by atoms with van der Waals surface area (Å²) in [7, 11) is 0. The van der Waals surface area contributed by atoms with Gasteiger partial charge in [-0.2, -0.15) is 0 Å². The molecule has 1 aromatic heterocycles. The molecule has 0 aliphatic carbocycles. The minimum Gasteiger partial charge on any atom is -0.755 e. The molecule has 1 N–H and O–H groups in total. The number of hydrogen-bond donors (Lipinski definition) is 1. The molecule has 0 aliphatic heterocycles. The Bertz CT molecular complexity index is 784. The van der Waals surface area contributed by atoms with Gasteiger partial charge in [-0.15, -0.1) is 0 Å². The second kappa shape index (κ2) is 10.5. The molecule has 1 unspecified atom stereocenters. The summed E-state index contributed by atoms with van der Waals surface area (Å²) in [5.41, 5.74) is 1.35. The fourth-order valence-corrected chi connectivity index (χ4v) is 2.88. The highest BCUT2D eigenvalue weighted by Gasteiger charge is 2.11. The predicted molar refractivity (Wildman–Crippen MR) is 101 cm³/mol. The molecule has 8 nitrogen and oxygen atoms in total. The molecule has 0 saturated carbocycles. The van der Waals surface area contributed by atoms with Crippen molar-refractivity contribution in [3.63, 3.8) is 0 Å². The average molecular weight is 389 g/mol. The second-order valence-corrected chi connectivity index (χ2v) is 6.59. The Labute approximate surface area is 160 Å². The number of benzene rings is 1. The SMILES string of the molecule is CCCC(=N)c1ccc(OC(=O)CCCN(c2cnccn2)S(=O)[O-])cc1. The van der Waals surface area contributed by atoms with Crippen LogP contribution >= 0.6 is 0 Å². The second-order valence-electron chi connectivity index (χ2n) is 5.71. The third-order valence-electron chi connectivity index (χ3n) is 3.66. The zero-order valence-electron chi connectivity index (χ0n) is 15.0. The van der Waals surface area contributed by atoms with Crippen LogP contribution in [0.4, 0.5) is 5.82 Å². The van der Waals surface area contributed by atoms with Gasteiger partial charge in [0, 0.05) is 42.3 Å². The highest BCUT2D eigenvalue weighted by atomic mass is 32.2. The molecule has 0 amide bonds. The molecule has 2 aromatic rings. The molecule has 144 valence electrons. The molecule has 0 fully saturated rings. The van der Waals surface area contributed by atoms with Crippen LogP contribution in [0, 0.1) is 5.41 Å². The van der Waals surface area contributed by atoms with Gasteiger partial charge in [0.05, 0.1) is 6.20 Å². The van der Waals surface area contributed by atoms with Crippen molar-refractivity contribution in [2.24, 2.45) is 0 Å². The lowest BCUT2D eigenvalue weighted by molar-refractivity contribution is -0.134. The summed E-state index contributed by atoms with van der Waals surface area (Å²) in [6, 6.07) is 6.79. The molecule has 9 heteroatoms. The number of carbonyl (C=O) groups excluding carboxylic acids is 1. The van der Waals surface area contributed by atoms with Gasteiger partial charge in [0.1, 0.15) is 5.75 Å². The van der Waals surface area contributed by atoms with Crippen molar-refractivity contribution in [2.75, 3.05) is 10.8 Å². The lowest BCUT2D eigenvalue weighted by atomic mass is 10.1. The first kappa shape index (κ1) is 20.7. The van der Waals surface area contributed by atoms with E-state index in [1.54, 1.807) is 24.3 Å². The van der Waals surface area contributed by atoms with Crippen LogP contribution in [-0.4, -0.2) is 37.0 Å². The highest BCUT2D eigenvalue weighted by Crippen LogP contribution is 2.16. The van der Waals surface area contributed by atoms with Crippen molar-refractivity contribution in [3.8, 4) is 5.75 Å². The van der Waals surface area contributed by atoms with E-state index in [1.807, 2.05) is 6.92 Å². The smallest absolute Gasteiger partial charge is 0.311 e. The van der Waals surface area contributed by atoms with Crippen LogP contribution < -0.4 is 9.04 Å². The molecule has 1 aromatic carbocycles. The van der Waals surface area contributed by atoms with Crippen LogP contribution in [0.5, 0.6) is 5.75 Å². The summed E-state index contributed by atoms with van der Waals surface area (Å²) in [5.74, 6) is 0.137. The van der Waals surface area contributed by atoms with Crippen LogP contribution in [0.3, 0.4) is 0 Å². The Balaban J connectivity index is 1.83. The topological polar surface area (TPSA) is 119 Å². The summed E-state index contributed by atoms with van der Waals surface area (Å²) >= 11 is -2.51. The van der Waals surface area contributed by atoms with Crippen LogP contribution in [0.1, 0.15) is 38.2 Å². The Hall–Kier alpha value is -2.65. The van der Waals surface area contributed by atoms with Crippen LogP contribution in [0.15, 0.2) is 42.9 Å². The van der Waals surface area contributed by atoms with E-state index in [1.165, 1.54) is 18.6 Å². The summed E-state index contributed by atoms with van der Waals surface area (Å²) in [6.07, 6.45) is 6.11. The third kappa shape index (κ3) is 6.54. The molecule has 0 saturated heterocycles. The number of aromatic nitrogens is 2. The largest absolute Gasteiger partial charge is 0.755 e. The number of nitrogens with zero attached hydrogens (tertiary/aromatic N) is 3. The summed E-state index contributed by atoms with van der Waals surface area (Å²) in [6.45, 7) is 2.11. The summed E-state index contributed by atoms with van der Waals surface area (Å²) in [4.78, 5) is 19.7. The highest BCUT2D eigenvalue weighted by molar-refractivity contribution is 7.80. The van der Waals surface area contributed by atoms with Crippen molar-refractivity contribution in [1.82, 2.24) is 9.97 Å². The van der Waals surface area contributed by atoms with Gasteiger partial charge in [0.25, 0.3) is 0 Å². The normalized spacial score (nSPS) is 11.6. The van der Waals surface area contributed by atoms with E-state index >= 15 is 0 Å². The average Bonchev–Trinajstić information content (AvgIpc) is 2.66. The van der Waals surface area contributed by atoms with Gasteiger partial charge in [0.15, 0.2) is 5.82 Å². The van der Waals surface area contributed by atoms with E-state index in [2.05, 4.69) is 9.97 Å². The Kier molecular flexibility index (Phi) is 8.02. The van der Waals surface area contributed by atoms with Crippen molar-refractivity contribution in [1.29, 1.82) is 5.41 Å². The van der Waals surface area contributed by atoms with Crippen LogP contribution in [-0.2, 0) is 16.1 Å². The van der Waals surface area contributed by atoms with E-state index in [4.69, 9.17) is 10.1 Å². The van der Waals surface area contributed by atoms with E-state index in [9.17, 15) is 13.6 Å². The molecule has 2 rings (SSSR count). The predicted octanol–water partition coefficient (Wildman–Crippen LogP) is 2.63. The van der Waals surface area contributed by atoms with Gasteiger partial charge in [-0.3, -0.25) is 18.3 Å². The quantitative estimate of drug-likeness (QED) is 0.289. The Morgan fingerprint density at radius 2 is 2.00 bits per heavy atom. The molecular formula is C18H21N4O4S-. The summed E-state index contributed by atoms with van der Waals surface area (Å²) < 4.78 is 28.9. The van der Waals surface area contributed by atoms with Crippen LogP contribution in [0.25, 0.3) is 0 Å². The van der Waals surface area contributed by atoms with Crippen molar-refractivity contribution in [3.05, 3.63) is 48.4 Å². The Morgan fingerprint density at radius 3 is 2.59 bits per heavy atom. The fraction of sp³-hybridized carbons (Fsp3) is 0.333. The first-order valence-electron chi connectivity index (χ1n) is 8.52. The maximum Gasteiger partial charge on any atom is 0.311 e. The zero-order valence-corrected chi connectivity index (χ0v) is 15.8. The number of rotatable bonds is 10. The first-order valence-corrected chi connectivity index (χ1v) is 9.56. The number of nitrogens with one attached hydrogen (secondary N) is 1. The van der Waals surface area contributed by atoms with E-state index in [-0.39, 0.29) is 25.2 Å². The van der Waals surface area contributed by atoms with Gasteiger partial charge < -0.3 is 14.7 Å². The third-order valence-corrected chi connectivity index (χ3v) is 4.39. The summed E-state index contributed by atoms with van der Waals surface area (Å²) in [5, 5.41) is 7.91. The molecule has 0 spiro atoms. The lowest BCUT2D eigenvalue weighted by Gasteiger charge is -2.24. The fourth-order valence-electron chi connectivity index (χ4n) is 2.35. The molecule has 0 radical (unpaired) electrons. The van der Waals surface area contributed by atoms with Crippen molar-refractivity contribution >= 4 is 28.8 Å². The van der Waals surface area contributed by atoms with E-state index in [0.29, 0.717) is 17.9 Å². The number of anilines is 1. The molecule has 1 atom stereocenters. The van der Waals surface area contributed by atoms with Crippen LogP contribution in [0.2, 0.25) is 0 Å². The van der Waals surface area contributed by atoms with Gasteiger partial charge in [-0.1, -0.05) is 13.3 Å². The van der Waals surface area contributed by atoms with Gasteiger partial charge >= 0.3 is 5.97 Å². The van der Waals surface area contributed by atoms with E-state index in [0.717, 1.165) is 16.3 Å². The number of carbonyl (C=O) groups is 1. The van der Waals surface area contributed by atoms with Crippen molar-refractivity contribution in [2.45, 2.75) is 32.6 Å². The molecule has 0 bridgehead atoms. The first-order chi connectivity index (χ1) is 13.0. The van der Waals surface area contributed by atoms with Gasteiger partial charge in [0.2, 0.25) is 0 Å². The molecule has 0 aliphatic rings. The van der Waals surface area contributed by atoms with Crippen molar-refractivity contribution < 1.29 is 18.3 Å². The zero-order chi connectivity index (χ0) is 19.6. The molecular weight excluding hydrogens is 368 g/mol. The maximum absolute atomic E-state index is 12.0. The molecule has 27 heavy (non-hydrogen) atoms. The molecule has 1 heterocycles. The number of hydrogen-bond acceptors (Lipinski definition) is 7. The minimum absolute atomic E-state index is 0.0569. The minimum atomic E-state index is -2.51. The lowest BCUT2D eigenvalue weighted by Crippen LogP contribution is -2.28. The number of esters is 1. The Morgan fingerprint density at radius 1 is 1.26 bits per heavy atom. The van der Waals surface area contributed by atoms with Gasteiger partial charge in [-0.05, 0) is 42.7 Å². The van der Waals surface area contributed by atoms with Gasteiger partial charge in [-0.25, -0.2) is 4.98 Å². The van der Waals surface area contributed by atoms with E-state index < -0.39 is 17.2 Å².